The first kappa shape index (κ1) is 19.8. The smallest absolute Gasteiger partial charge is 0.261 e. The number of rotatable bonds is 6. The average Bonchev–Trinajstić information content (AvgIpc) is 3.18. The van der Waals surface area contributed by atoms with Crippen LogP contribution in [0.5, 0.6) is 0 Å². The third kappa shape index (κ3) is 4.47. The molecule has 2 aromatic heterocycles. The van der Waals surface area contributed by atoms with Crippen LogP contribution in [0.15, 0.2) is 30.3 Å². The van der Waals surface area contributed by atoms with Gasteiger partial charge < -0.3 is 11.1 Å². The van der Waals surface area contributed by atoms with Crippen LogP contribution in [-0.2, 0) is 13.5 Å². The molecule has 6 nitrogen and oxygen atoms in total. The number of carbonyl (C=O) groups is 1. The number of amides is 1. The van der Waals surface area contributed by atoms with Crippen molar-refractivity contribution in [1.82, 2.24) is 20.3 Å². The number of hydrogen-bond acceptors (Lipinski definition) is 5. The molecule has 1 unspecified atom stereocenters. The van der Waals surface area contributed by atoms with E-state index in [2.05, 4.69) is 15.6 Å². The number of nitrogens with zero attached hydrogens (tertiary/aromatic N) is 3. The zero-order valence-corrected chi connectivity index (χ0v) is 16.6. The molecule has 0 saturated heterocycles. The van der Waals surface area contributed by atoms with Crippen molar-refractivity contribution in [2.45, 2.75) is 12.5 Å². The van der Waals surface area contributed by atoms with E-state index in [9.17, 15) is 9.18 Å². The maximum Gasteiger partial charge on any atom is 0.261 e. The van der Waals surface area contributed by atoms with Gasteiger partial charge in [0, 0.05) is 25.2 Å². The second kappa shape index (κ2) is 8.35. The van der Waals surface area contributed by atoms with Crippen LogP contribution in [0.2, 0.25) is 9.49 Å². The van der Waals surface area contributed by atoms with E-state index in [1.54, 1.807) is 25.2 Å². The number of halogens is 3. The highest BCUT2D eigenvalue weighted by Gasteiger charge is 2.21. The van der Waals surface area contributed by atoms with Gasteiger partial charge in [0.25, 0.3) is 5.91 Å². The molecule has 142 valence electrons. The van der Waals surface area contributed by atoms with Crippen LogP contribution in [0.4, 0.5) is 4.39 Å². The van der Waals surface area contributed by atoms with E-state index in [-0.39, 0.29) is 29.5 Å². The molecule has 0 radical (unpaired) electrons. The quantitative estimate of drug-likeness (QED) is 0.631. The molecule has 0 aliphatic heterocycles. The highest BCUT2D eigenvalue weighted by molar-refractivity contribution is 7.18. The number of nitrogens with one attached hydrogen (secondary N) is 1. The SMILES string of the molecule is Cn1nnc(Cl)c1-c1cc(C(=O)NC(CN)Cc2ccc(F)cc2)sc1Cl. The maximum atomic E-state index is 13.0. The van der Waals surface area contributed by atoms with E-state index < -0.39 is 0 Å². The third-order valence-electron chi connectivity index (χ3n) is 3.97. The molecule has 0 saturated carbocycles. The Kier molecular flexibility index (Phi) is 6.11. The number of thiophene rings is 1. The fourth-order valence-electron chi connectivity index (χ4n) is 2.61. The molecule has 1 atom stereocenters. The minimum atomic E-state index is -0.309. The summed E-state index contributed by atoms with van der Waals surface area (Å²) in [5, 5.41) is 10.7. The van der Waals surface area contributed by atoms with Crippen molar-refractivity contribution in [1.29, 1.82) is 0 Å². The minimum absolute atomic E-state index is 0.209. The van der Waals surface area contributed by atoms with E-state index in [1.165, 1.54) is 16.8 Å². The summed E-state index contributed by atoms with van der Waals surface area (Å²) in [6.45, 7) is 0.243. The van der Waals surface area contributed by atoms with E-state index >= 15 is 0 Å². The number of carbonyl (C=O) groups excluding carboxylic acids is 1. The molecule has 10 heteroatoms. The largest absolute Gasteiger partial charge is 0.347 e. The Morgan fingerprint density at radius 3 is 2.67 bits per heavy atom. The van der Waals surface area contributed by atoms with Crippen LogP contribution in [0.3, 0.4) is 0 Å². The van der Waals surface area contributed by atoms with Crippen LogP contribution >= 0.6 is 34.5 Å². The van der Waals surface area contributed by atoms with Gasteiger partial charge in [-0.05, 0) is 30.2 Å². The average molecular weight is 428 g/mol. The Bertz CT molecular complexity index is 937. The fraction of sp³-hybridized carbons (Fsp3) is 0.235. The highest BCUT2D eigenvalue weighted by atomic mass is 35.5. The Morgan fingerprint density at radius 1 is 1.37 bits per heavy atom. The van der Waals surface area contributed by atoms with Crippen molar-refractivity contribution in [2.24, 2.45) is 12.8 Å². The van der Waals surface area contributed by atoms with E-state index in [0.717, 1.165) is 16.9 Å². The predicted octanol–water partition coefficient (Wildman–Crippen LogP) is 3.29. The summed E-state index contributed by atoms with van der Waals surface area (Å²) in [6, 6.07) is 7.44. The number of aromatic nitrogens is 3. The van der Waals surface area contributed by atoms with Gasteiger partial charge in [-0.15, -0.1) is 16.4 Å². The molecule has 0 aliphatic rings. The van der Waals surface area contributed by atoms with Crippen molar-refractivity contribution in [2.75, 3.05) is 6.54 Å². The summed E-state index contributed by atoms with van der Waals surface area (Å²) in [7, 11) is 1.69. The minimum Gasteiger partial charge on any atom is -0.347 e. The summed E-state index contributed by atoms with van der Waals surface area (Å²) in [6.07, 6.45) is 0.492. The topological polar surface area (TPSA) is 85.8 Å². The van der Waals surface area contributed by atoms with Crippen LogP contribution in [0.25, 0.3) is 11.3 Å². The molecular weight excluding hydrogens is 412 g/mol. The normalized spacial score (nSPS) is 12.2. The summed E-state index contributed by atoms with van der Waals surface area (Å²) in [5.74, 6) is -0.604. The van der Waals surface area contributed by atoms with E-state index in [1.807, 2.05) is 0 Å². The van der Waals surface area contributed by atoms with Gasteiger partial charge >= 0.3 is 0 Å². The van der Waals surface area contributed by atoms with Gasteiger partial charge in [-0.25, -0.2) is 9.07 Å². The molecule has 1 amide bonds. The van der Waals surface area contributed by atoms with Crippen LogP contribution in [0, 0.1) is 5.82 Å². The molecule has 3 aromatic rings. The predicted molar refractivity (Wildman–Crippen MR) is 105 cm³/mol. The van der Waals surface area contributed by atoms with Crippen molar-refractivity contribution >= 4 is 40.4 Å². The summed E-state index contributed by atoms with van der Waals surface area (Å²) in [4.78, 5) is 13.0. The Balaban J connectivity index is 1.75. The van der Waals surface area contributed by atoms with Gasteiger partial charge in [0.15, 0.2) is 5.15 Å². The second-order valence-corrected chi connectivity index (χ2v) is 7.90. The maximum absolute atomic E-state index is 13.0. The van der Waals surface area contributed by atoms with Crippen molar-refractivity contribution in [3.8, 4) is 11.3 Å². The van der Waals surface area contributed by atoms with Crippen molar-refractivity contribution in [3.63, 3.8) is 0 Å². The summed E-state index contributed by atoms with van der Waals surface area (Å²) in [5.41, 5.74) is 7.79. The first-order chi connectivity index (χ1) is 12.9. The number of benzene rings is 1. The van der Waals surface area contributed by atoms with Crippen molar-refractivity contribution < 1.29 is 9.18 Å². The molecule has 0 spiro atoms. The molecule has 0 aliphatic carbocycles. The third-order valence-corrected chi connectivity index (χ3v) is 5.58. The van der Waals surface area contributed by atoms with Gasteiger partial charge in [-0.3, -0.25) is 4.79 Å². The zero-order chi connectivity index (χ0) is 19.6. The van der Waals surface area contributed by atoms with Crippen LogP contribution < -0.4 is 11.1 Å². The van der Waals surface area contributed by atoms with Gasteiger partial charge in [-0.1, -0.05) is 40.5 Å². The number of aryl methyl sites for hydroxylation is 1. The zero-order valence-electron chi connectivity index (χ0n) is 14.2. The van der Waals surface area contributed by atoms with Crippen molar-refractivity contribution in [3.05, 3.63) is 56.1 Å². The first-order valence-corrected chi connectivity index (χ1v) is 9.56. The summed E-state index contributed by atoms with van der Waals surface area (Å²) < 4.78 is 14.9. The van der Waals surface area contributed by atoms with Gasteiger partial charge in [0.1, 0.15) is 15.8 Å². The summed E-state index contributed by atoms with van der Waals surface area (Å²) >= 11 is 13.5. The molecule has 27 heavy (non-hydrogen) atoms. The lowest BCUT2D eigenvalue weighted by Crippen LogP contribution is -2.41. The van der Waals surface area contributed by atoms with Gasteiger partial charge in [-0.2, -0.15) is 0 Å². The van der Waals surface area contributed by atoms with Gasteiger partial charge in [0.2, 0.25) is 0 Å². The van der Waals surface area contributed by atoms with Crippen LogP contribution in [-0.4, -0.2) is 33.5 Å². The Hall–Kier alpha value is -2.00. The Labute approximate surface area is 169 Å². The standard InChI is InChI=1S/C17H16Cl2FN5OS/c1-25-14(15(18)23-24-25)12-7-13(27-16(12)19)17(26)22-11(8-21)6-9-2-4-10(20)5-3-9/h2-5,7,11H,6,8,21H2,1H3,(H,22,26). The molecule has 1 aromatic carbocycles. The lowest BCUT2D eigenvalue weighted by atomic mass is 10.1. The number of nitrogens with two attached hydrogens (primary N) is 1. The van der Waals surface area contributed by atoms with E-state index in [4.69, 9.17) is 28.9 Å². The highest BCUT2D eigenvalue weighted by Crippen LogP contribution is 2.37. The van der Waals surface area contributed by atoms with Gasteiger partial charge in [0.05, 0.1) is 4.88 Å². The molecule has 3 rings (SSSR count). The first-order valence-electron chi connectivity index (χ1n) is 7.99. The molecule has 0 fully saturated rings. The van der Waals surface area contributed by atoms with E-state index in [0.29, 0.717) is 26.9 Å². The Morgan fingerprint density at radius 2 is 2.07 bits per heavy atom. The second-order valence-electron chi connectivity index (χ2n) is 5.89. The van der Waals surface area contributed by atoms with Crippen LogP contribution in [0.1, 0.15) is 15.2 Å². The lowest BCUT2D eigenvalue weighted by Gasteiger charge is -2.16. The molecule has 3 N–H and O–H groups in total. The number of hydrogen-bond donors (Lipinski definition) is 2. The molecular formula is C17H16Cl2FN5OS. The lowest BCUT2D eigenvalue weighted by molar-refractivity contribution is 0.0942. The molecule has 2 heterocycles. The molecule has 0 bridgehead atoms. The fourth-order valence-corrected chi connectivity index (χ4v) is 4.05. The monoisotopic (exact) mass is 427 g/mol.